The molecule has 0 atom stereocenters. The van der Waals surface area contributed by atoms with Crippen LogP contribution >= 0.6 is 0 Å². The van der Waals surface area contributed by atoms with E-state index < -0.39 is 23.6 Å². The van der Waals surface area contributed by atoms with Crippen molar-refractivity contribution in [2.75, 3.05) is 9.80 Å². The van der Waals surface area contributed by atoms with E-state index in [4.69, 9.17) is 0 Å². The molecule has 2 aliphatic heterocycles. The summed E-state index contributed by atoms with van der Waals surface area (Å²) in [5.41, 5.74) is 5.39. The van der Waals surface area contributed by atoms with Gasteiger partial charge < -0.3 is 0 Å². The zero-order chi connectivity index (χ0) is 28.0. The van der Waals surface area contributed by atoms with Crippen LogP contribution in [0.1, 0.15) is 63.7 Å². The van der Waals surface area contributed by atoms with Gasteiger partial charge in [0.25, 0.3) is 23.6 Å². The summed E-state index contributed by atoms with van der Waals surface area (Å²) in [4.78, 5) is 57.8. The highest BCUT2D eigenvalue weighted by Crippen LogP contribution is 2.31. The van der Waals surface area contributed by atoms with Crippen LogP contribution in [0.4, 0.5) is 11.4 Å². The molecule has 6 heteroatoms. The molecule has 2 heterocycles. The summed E-state index contributed by atoms with van der Waals surface area (Å²) in [6, 6.07) is 14.6. The Morgan fingerprint density at radius 2 is 1.23 bits per heavy atom. The first-order chi connectivity index (χ1) is 18.7. The van der Waals surface area contributed by atoms with E-state index in [1.807, 2.05) is 64.1 Å². The third-order valence-corrected chi connectivity index (χ3v) is 7.49. The molecule has 3 aromatic rings. The molecular weight excluding hydrogens is 488 g/mol. The van der Waals surface area contributed by atoms with E-state index in [0.29, 0.717) is 34.7 Å². The second-order valence-electron chi connectivity index (χ2n) is 9.80. The Kier molecular flexibility index (Phi) is 6.64. The lowest BCUT2D eigenvalue weighted by Gasteiger charge is -2.31. The lowest BCUT2D eigenvalue weighted by Crippen LogP contribution is -2.54. The number of carbonyl (C=O) groups is 4. The van der Waals surface area contributed by atoms with Gasteiger partial charge in [-0.05, 0) is 68.0 Å². The topological polar surface area (TPSA) is 74.8 Å². The van der Waals surface area contributed by atoms with Crippen LogP contribution in [0.2, 0.25) is 0 Å². The summed E-state index contributed by atoms with van der Waals surface area (Å²) in [7, 11) is 0. The molecule has 0 unspecified atom stereocenters. The summed E-state index contributed by atoms with van der Waals surface area (Å²) in [6.45, 7) is 9.49. The molecule has 0 N–H and O–H groups in total. The molecular formula is C33H30N2O4. The molecule has 0 aromatic heterocycles. The normalized spacial score (nSPS) is 15.2. The number of amides is 4. The summed E-state index contributed by atoms with van der Waals surface area (Å²) in [5.74, 6) is -1.93. The zero-order valence-electron chi connectivity index (χ0n) is 22.8. The number of aryl methyl sites for hydroxylation is 4. The largest absolute Gasteiger partial charge is 0.269 e. The number of hydrogen-bond acceptors (Lipinski definition) is 4. The van der Waals surface area contributed by atoms with Crippen LogP contribution in [-0.4, -0.2) is 23.6 Å². The number of anilines is 2. The molecule has 0 spiro atoms. The van der Waals surface area contributed by atoms with Gasteiger partial charge in [-0.25, -0.2) is 9.80 Å². The van der Waals surface area contributed by atoms with Crippen LogP contribution < -0.4 is 20.2 Å². The Bertz CT molecular complexity index is 1750. The fourth-order valence-electron chi connectivity index (χ4n) is 5.66. The van der Waals surface area contributed by atoms with Crippen molar-refractivity contribution < 1.29 is 19.2 Å². The average molecular weight is 519 g/mol. The molecule has 2 aliphatic rings. The number of carbonyl (C=O) groups excluding carboxylic acids is 4. The van der Waals surface area contributed by atoms with Crippen molar-refractivity contribution in [2.24, 2.45) is 0 Å². The SMILES string of the molecule is CC=CC1=c2c(ccc3c2=CC(=O)N(c2c(C)cccc2CC)C3=O)C(=O)N(c2c(C)cccc2CC)C1=O. The first kappa shape index (κ1) is 26.0. The number of nitrogens with zero attached hydrogens (tertiary/aromatic N) is 2. The quantitative estimate of drug-likeness (QED) is 0.472. The first-order valence-corrected chi connectivity index (χ1v) is 13.2. The fraction of sp³-hybridized carbons (Fsp3) is 0.212. The zero-order valence-corrected chi connectivity index (χ0v) is 22.8. The third-order valence-electron chi connectivity index (χ3n) is 7.49. The molecule has 0 fully saturated rings. The summed E-state index contributed by atoms with van der Waals surface area (Å²) >= 11 is 0. The van der Waals surface area contributed by atoms with Gasteiger partial charge in [-0.3, -0.25) is 19.2 Å². The van der Waals surface area contributed by atoms with Crippen LogP contribution in [0.15, 0.2) is 60.7 Å². The minimum absolute atomic E-state index is 0.268. The highest BCUT2D eigenvalue weighted by molar-refractivity contribution is 6.39. The molecule has 0 radical (unpaired) electrons. The predicted molar refractivity (Wildman–Crippen MR) is 153 cm³/mol. The Labute approximate surface area is 227 Å². The lowest BCUT2D eigenvalue weighted by molar-refractivity contribution is -0.113. The maximum absolute atomic E-state index is 14.0. The maximum Gasteiger partial charge on any atom is 0.266 e. The molecule has 4 amide bonds. The molecule has 0 aliphatic carbocycles. The molecule has 196 valence electrons. The van der Waals surface area contributed by atoms with Crippen molar-refractivity contribution in [2.45, 2.75) is 47.5 Å². The van der Waals surface area contributed by atoms with Gasteiger partial charge in [-0.2, -0.15) is 0 Å². The van der Waals surface area contributed by atoms with Gasteiger partial charge in [0.2, 0.25) is 0 Å². The summed E-state index contributed by atoms with van der Waals surface area (Å²) in [5, 5.41) is 0.630. The number of allylic oxidation sites excluding steroid dienone is 1. The van der Waals surface area contributed by atoms with Crippen molar-refractivity contribution in [1.29, 1.82) is 0 Å². The van der Waals surface area contributed by atoms with E-state index >= 15 is 0 Å². The second-order valence-corrected chi connectivity index (χ2v) is 9.80. The van der Waals surface area contributed by atoms with E-state index in [2.05, 4.69) is 0 Å². The predicted octanol–water partition coefficient (Wildman–Crippen LogP) is 4.31. The summed E-state index contributed by atoms with van der Waals surface area (Å²) in [6.07, 6.45) is 6.06. The molecule has 39 heavy (non-hydrogen) atoms. The number of benzene rings is 3. The number of rotatable bonds is 5. The molecule has 3 aromatic carbocycles. The number of fused-ring (bicyclic) bond motifs is 3. The van der Waals surface area contributed by atoms with Crippen molar-refractivity contribution in [3.8, 4) is 0 Å². The Morgan fingerprint density at radius 3 is 1.79 bits per heavy atom. The minimum atomic E-state index is -0.501. The average Bonchev–Trinajstić information content (AvgIpc) is 2.92. The van der Waals surface area contributed by atoms with Crippen LogP contribution in [0.25, 0.3) is 11.6 Å². The van der Waals surface area contributed by atoms with E-state index in [0.717, 1.165) is 22.3 Å². The molecule has 5 rings (SSSR count). The van der Waals surface area contributed by atoms with Gasteiger partial charge in [-0.15, -0.1) is 0 Å². The monoisotopic (exact) mass is 518 g/mol. The van der Waals surface area contributed by atoms with E-state index in [-0.39, 0.29) is 16.7 Å². The maximum atomic E-state index is 14.0. The van der Waals surface area contributed by atoms with Crippen molar-refractivity contribution >= 4 is 46.7 Å². The number of hydrogen-bond donors (Lipinski definition) is 0. The Balaban J connectivity index is 1.79. The molecule has 0 saturated carbocycles. The highest BCUT2D eigenvalue weighted by atomic mass is 16.2. The van der Waals surface area contributed by atoms with Gasteiger partial charge in [0, 0.05) is 33.2 Å². The van der Waals surface area contributed by atoms with Gasteiger partial charge in [0.05, 0.1) is 11.4 Å². The van der Waals surface area contributed by atoms with E-state index in [9.17, 15) is 19.2 Å². The minimum Gasteiger partial charge on any atom is -0.269 e. The van der Waals surface area contributed by atoms with Crippen LogP contribution in [-0.2, 0) is 22.4 Å². The van der Waals surface area contributed by atoms with Crippen LogP contribution in [0.5, 0.6) is 0 Å². The van der Waals surface area contributed by atoms with Crippen LogP contribution in [0, 0.1) is 13.8 Å². The van der Waals surface area contributed by atoms with E-state index in [1.54, 1.807) is 31.2 Å². The van der Waals surface area contributed by atoms with Crippen LogP contribution in [0.3, 0.4) is 0 Å². The van der Waals surface area contributed by atoms with Crippen molar-refractivity contribution in [1.82, 2.24) is 0 Å². The number of para-hydroxylation sites is 2. The van der Waals surface area contributed by atoms with Gasteiger partial charge in [-0.1, -0.05) is 62.4 Å². The van der Waals surface area contributed by atoms with Gasteiger partial charge in [0.15, 0.2) is 0 Å². The van der Waals surface area contributed by atoms with E-state index in [1.165, 1.54) is 15.9 Å². The van der Waals surface area contributed by atoms with Crippen molar-refractivity contribution in [3.05, 3.63) is 105 Å². The second kappa shape index (κ2) is 9.95. The Hall–Kier alpha value is -4.58. The van der Waals surface area contributed by atoms with Gasteiger partial charge >= 0.3 is 0 Å². The van der Waals surface area contributed by atoms with Gasteiger partial charge in [0.1, 0.15) is 0 Å². The molecule has 0 saturated heterocycles. The fourth-order valence-corrected chi connectivity index (χ4v) is 5.66. The molecule has 6 nitrogen and oxygen atoms in total. The molecule has 0 bridgehead atoms. The standard InChI is InChI=1S/C33H30N2O4/c1-6-11-24-28-25(33(39)35(32(24)38)30-20(5)13-10-15-22(30)8-3)17-16-23-26(28)18-27(36)34(31(23)37)29-19(4)12-9-14-21(29)7-2/h6,9-18H,7-8H2,1-5H3. The Morgan fingerprint density at radius 1 is 0.692 bits per heavy atom. The highest BCUT2D eigenvalue weighted by Gasteiger charge is 2.38. The third kappa shape index (κ3) is 3.95. The first-order valence-electron chi connectivity index (χ1n) is 13.2. The smallest absolute Gasteiger partial charge is 0.266 e. The van der Waals surface area contributed by atoms with Crippen molar-refractivity contribution in [3.63, 3.8) is 0 Å². The number of imide groups is 2. The lowest BCUT2D eigenvalue weighted by atomic mass is 9.91. The summed E-state index contributed by atoms with van der Waals surface area (Å²) < 4.78 is 0.